The summed E-state index contributed by atoms with van der Waals surface area (Å²) in [7, 11) is 0. The van der Waals surface area contributed by atoms with Crippen LogP contribution in [0.1, 0.15) is 29.8 Å². The van der Waals surface area contributed by atoms with Crippen LogP contribution in [0.5, 0.6) is 5.75 Å². The number of furan rings is 1. The van der Waals surface area contributed by atoms with Crippen molar-refractivity contribution in [3.8, 4) is 5.75 Å². The van der Waals surface area contributed by atoms with Crippen LogP contribution in [0.2, 0.25) is 0 Å². The van der Waals surface area contributed by atoms with Crippen molar-refractivity contribution in [3.05, 3.63) is 48.4 Å². The zero-order valence-electron chi connectivity index (χ0n) is 14.2. The van der Waals surface area contributed by atoms with Gasteiger partial charge in [0.25, 0.3) is 5.91 Å². The standard InChI is InChI=1S/C18H21N3O5/c19-16(22)9-12-25-14-7-5-13(6-8-14)21-17(23)4-1-10-20-18(24)15-3-2-11-26-15/h2-3,5-8,11H,1,4,9-10,12H2,(H2,19,22)(H,20,24)(H,21,23). The molecular formula is C18H21N3O5. The Balaban J connectivity index is 1.64. The number of hydrogen-bond acceptors (Lipinski definition) is 5. The van der Waals surface area contributed by atoms with Crippen LogP contribution in [0.25, 0.3) is 0 Å². The molecule has 3 amide bonds. The lowest BCUT2D eigenvalue weighted by Gasteiger charge is -2.08. The van der Waals surface area contributed by atoms with E-state index in [9.17, 15) is 14.4 Å². The normalized spacial score (nSPS) is 10.2. The fraction of sp³-hybridized carbons (Fsp3) is 0.278. The minimum Gasteiger partial charge on any atom is -0.493 e. The van der Waals surface area contributed by atoms with E-state index in [-0.39, 0.29) is 37.0 Å². The summed E-state index contributed by atoms with van der Waals surface area (Å²) in [5.41, 5.74) is 5.67. The molecule has 0 saturated carbocycles. The third-order valence-electron chi connectivity index (χ3n) is 3.37. The molecule has 0 aliphatic carbocycles. The molecule has 1 heterocycles. The van der Waals surface area contributed by atoms with Crippen LogP contribution in [-0.2, 0) is 9.59 Å². The molecule has 1 aromatic heterocycles. The van der Waals surface area contributed by atoms with Crippen LogP contribution in [-0.4, -0.2) is 30.9 Å². The first-order chi connectivity index (χ1) is 12.5. The van der Waals surface area contributed by atoms with Crippen LogP contribution < -0.4 is 21.1 Å². The SMILES string of the molecule is NC(=O)CCOc1ccc(NC(=O)CCCNC(=O)c2ccco2)cc1. The van der Waals surface area contributed by atoms with E-state index in [1.165, 1.54) is 6.26 Å². The van der Waals surface area contributed by atoms with Gasteiger partial charge >= 0.3 is 0 Å². The largest absolute Gasteiger partial charge is 0.493 e. The topological polar surface area (TPSA) is 124 Å². The summed E-state index contributed by atoms with van der Waals surface area (Å²) in [5.74, 6) is -0.0475. The summed E-state index contributed by atoms with van der Waals surface area (Å²) in [6, 6.07) is 10.0. The van der Waals surface area contributed by atoms with Crippen molar-refractivity contribution in [1.82, 2.24) is 5.32 Å². The number of hydrogen-bond donors (Lipinski definition) is 3. The molecule has 4 N–H and O–H groups in total. The molecule has 0 atom stereocenters. The van der Waals surface area contributed by atoms with E-state index in [1.807, 2.05) is 0 Å². The third kappa shape index (κ3) is 6.68. The van der Waals surface area contributed by atoms with Crippen LogP contribution in [0.4, 0.5) is 5.69 Å². The summed E-state index contributed by atoms with van der Waals surface area (Å²) >= 11 is 0. The quantitative estimate of drug-likeness (QED) is 0.557. The maximum absolute atomic E-state index is 11.9. The van der Waals surface area contributed by atoms with Gasteiger partial charge in [-0.15, -0.1) is 0 Å². The summed E-state index contributed by atoms with van der Waals surface area (Å²) in [6.07, 6.45) is 2.35. The predicted octanol–water partition coefficient (Wildman–Crippen LogP) is 1.68. The fourth-order valence-corrected chi connectivity index (χ4v) is 2.07. The molecule has 8 nitrogen and oxygen atoms in total. The Bertz CT molecular complexity index is 726. The molecule has 8 heteroatoms. The smallest absolute Gasteiger partial charge is 0.286 e. The Kier molecular flexibility index (Phi) is 7.23. The highest BCUT2D eigenvalue weighted by atomic mass is 16.5. The van der Waals surface area contributed by atoms with E-state index in [4.69, 9.17) is 14.9 Å². The van der Waals surface area contributed by atoms with Crippen molar-refractivity contribution < 1.29 is 23.5 Å². The van der Waals surface area contributed by atoms with Gasteiger partial charge in [-0.1, -0.05) is 0 Å². The van der Waals surface area contributed by atoms with Crippen molar-refractivity contribution in [2.45, 2.75) is 19.3 Å². The number of carbonyl (C=O) groups is 3. The Hall–Kier alpha value is -3.29. The first kappa shape index (κ1) is 19.0. The number of nitrogens with two attached hydrogens (primary N) is 1. The van der Waals surface area contributed by atoms with Crippen LogP contribution in [0.3, 0.4) is 0 Å². The first-order valence-electron chi connectivity index (χ1n) is 8.17. The van der Waals surface area contributed by atoms with Gasteiger partial charge in [-0.2, -0.15) is 0 Å². The number of benzene rings is 1. The van der Waals surface area contributed by atoms with Gasteiger partial charge in [0.1, 0.15) is 5.75 Å². The van der Waals surface area contributed by atoms with Crippen molar-refractivity contribution in [3.63, 3.8) is 0 Å². The van der Waals surface area contributed by atoms with Crippen molar-refractivity contribution in [1.29, 1.82) is 0 Å². The number of nitrogens with one attached hydrogen (secondary N) is 2. The Morgan fingerprint density at radius 1 is 1.08 bits per heavy atom. The third-order valence-corrected chi connectivity index (χ3v) is 3.37. The minimum absolute atomic E-state index is 0.148. The summed E-state index contributed by atoms with van der Waals surface area (Å²) < 4.78 is 10.3. The summed E-state index contributed by atoms with van der Waals surface area (Å²) in [4.78, 5) is 34.2. The average Bonchev–Trinajstić information content (AvgIpc) is 3.14. The van der Waals surface area contributed by atoms with Crippen molar-refractivity contribution in [2.75, 3.05) is 18.5 Å². The zero-order valence-corrected chi connectivity index (χ0v) is 14.2. The highest BCUT2D eigenvalue weighted by Gasteiger charge is 2.08. The maximum Gasteiger partial charge on any atom is 0.286 e. The minimum atomic E-state index is -0.422. The molecule has 1 aromatic carbocycles. The molecule has 0 bridgehead atoms. The van der Waals surface area contributed by atoms with E-state index in [1.54, 1.807) is 36.4 Å². The molecule has 0 aliphatic heterocycles. The van der Waals surface area contributed by atoms with E-state index in [0.717, 1.165) is 0 Å². The van der Waals surface area contributed by atoms with Crippen molar-refractivity contribution >= 4 is 23.4 Å². The van der Waals surface area contributed by atoms with Crippen molar-refractivity contribution in [2.24, 2.45) is 5.73 Å². The van der Waals surface area contributed by atoms with Crippen LogP contribution in [0, 0.1) is 0 Å². The van der Waals surface area contributed by atoms with E-state index in [0.29, 0.717) is 24.4 Å². The molecule has 0 spiro atoms. The summed E-state index contributed by atoms with van der Waals surface area (Å²) in [6.45, 7) is 0.588. The number of anilines is 1. The van der Waals surface area contributed by atoms with E-state index in [2.05, 4.69) is 10.6 Å². The number of amides is 3. The molecular weight excluding hydrogens is 338 g/mol. The average molecular weight is 359 g/mol. The first-order valence-corrected chi connectivity index (χ1v) is 8.17. The van der Waals surface area contributed by atoms with E-state index >= 15 is 0 Å². The highest BCUT2D eigenvalue weighted by molar-refractivity contribution is 5.92. The number of ether oxygens (including phenoxy) is 1. The van der Waals surface area contributed by atoms with Gasteiger partial charge in [0.2, 0.25) is 11.8 Å². The van der Waals surface area contributed by atoms with Crippen LogP contribution in [0.15, 0.2) is 47.1 Å². The molecule has 2 rings (SSSR count). The number of primary amides is 1. The molecule has 0 aliphatic rings. The lowest BCUT2D eigenvalue weighted by Crippen LogP contribution is -2.25. The zero-order chi connectivity index (χ0) is 18.8. The molecule has 138 valence electrons. The van der Waals surface area contributed by atoms with Gasteiger partial charge < -0.3 is 25.5 Å². The second-order valence-electron chi connectivity index (χ2n) is 5.47. The van der Waals surface area contributed by atoms with Crippen LogP contribution >= 0.6 is 0 Å². The van der Waals surface area contributed by atoms with Gasteiger partial charge in [0.15, 0.2) is 5.76 Å². The van der Waals surface area contributed by atoms with Gasteiger partial charge in [-0.05, 0) is 42.8 Å². The number of rotatable bonds is 10. The molecule has 0 unspecified atom stereocenters. The second-order valence-corrected chi connectivity index (χ2v) is 5.47. The second kappa shape index (κ2) is 9.87. The summed E-state index contributed by atoms with van der Waals surface area (Å²) in [5, 5.41) is 5.44. The highest BCUT2D eigenvalue weighted by Crippen LogP contribution is 2.16. The molecule has 26 heavy (non-hydrogen) atoms. The predicted molar refractivity (Wildman–Crippen MR) is 94.7 cm³/mol. The van der Waals surface area contributed by atoms with Gasteiger partial charge in [0, 0.05) is 18.7 Å². The van der Waals surface area contributed by atoms with Gasteiger partial charge in [0.05, 0.1) is 19.3 Å². The fourth-order valence-electron chi connectivity index (χ4n) is 2.07. The molecule has 0 radical (unpaired) electrons. The monoisotopic (exact) mass is 359 g/mol. The number of carbonyl (C=O) groups excluding carboxylic acids is 3. The molecule has 0 saturated heterocycles. The maximum atomic E-state index is 11.9. The lowest BCUT2D eigenvalue weighted by molar-refractivity contribution is -0.118. The Morgan fingerprint density at radius 2 is 1.85 bits per heavy atom. The van der Waals surface area contributed by atoms with Gasteiger partial charge in [-0.3, -0.25) is 14.4 Å². The molecule has 2 aromatic rings. The Morgan fingerprint density at radius 3 is 2.50 bits per heavy atom. The Labute approximate surface area is 150 Å². The van der Waals surface area contributed by atoms with E-state index < -0.39 is 5.91 Å². The van der Waals surface area contributed by atoms with Gasteiger partial charge in [-0.25, -0.2) is 0 Å². The lowest BCUT2D eigenvalue weighted by atomic mass is 10.2. The molecule has 0 fully saturated rings.